The van der Waals surface area contributed by atoms with E-state index in [-0.39, 0.29) is 11.6 Å². The van der Waals surface area contributed by atoms with Gasteiger partial charge in [-0.15, -0.1) is 0 Å². The first-order valence-electron chi connectivity index (χ1n) is 7.97. The lowest BCUT2D eigenvalue weighted by molar-refractivity contribution is -0.137. The molecule has 0 aliphatic carbocycles. The molecule has 0 aliphatic heterocycles. The minimum Gasteiger partial charge on any atom is -0.324 e. The molecule has 0 bridgehead atoms. The molecule has 3 aromatic rings. The highest BCUT2D eigenvalue weighted by molar-refractivity contribution is 6.03. The van der Waals surface area contributed by atoms with Crippen molar-refractivity contribution in [3.05, 3.63) is 77.6 Å². The number of amides is 1. The van der Waals surface area contributed by atoms with Gasteiger partial charge < -0.3 is 10.6 Å². The summed E-state index contributed by atoms with van der Waals surface area (Å²) in [6.07, 6.45) is -3.01. The summed E-state index contributed by atoms with van der Waals surface area (Å²) in [6.45, 7) is 1.87. The molecule has 1 heterocycles. The highest BCUT2D eigenvalue weighted by atomic mass is 19.4. The number of carbonyl (C=O) groups excluding carboxylic acids is 1. The molecule has 0 atom stereocenters. The van der Waals surface area contributed by atoms with Crippen molar-refractivity contribution in [2.75, 3.05) is 10.6 Å². The maximum atomic E-state index is 12.6. The standard InChI is InChI=1S/C19H15F3N4O/c1-12-4-2-3-5-15(12)25-17(27)16-10-11-23-18(26-16)24-14-8-6-13(7-9-14)19(20,21)22/h2-11H,1H3,(H,25,27)(H,23,24,26). The fourth-order valence-electron chi connectivity index (χ4n) is 2.32. The van der Waals surface area contributed by atoms with Gasteiger partial charge in [0.2, 0.25) is 5.95 Å². The second-order valence-electron chi connectivity index (χ2n) is 5.73. The van der Waals surface area contributed by atoms with Gasteiger partial charge in [0, 0.05) is 17.6 Å². The van der Waals surface area contributed by atoms with Crippen molar-refractivity contribution in [1.29, 1.82) is 0 Å². The van der Waals surface area contributed by atoms with Crippen molar-refractivity contribution in [1.82, 2.24) is 9.97 Å². The number of rotatable bonds is 4. The summed E-state index contributed by atoms with van der Waals surface area (Å²) in [5.74, 6) is -0.311. The van der Waals surface area contributed by atoms with E-state index in [0.717, 1.165) is 17.7 Å². The van der Waals surface area contributed by atoms with Gasteiger partial charge in [0.05, 0.1) is 5.56 Å². The van der Waals surface area contributed by atoms with Crippen LogP contribution < -0.4 is 10.6 Å². The Morgan fingerprint density at radius 1 is 1.00 bits per heavy atom. The van der Waals surface area contributed by atoms with Gasteiger partial charge in [0.1, 0.15) is 5.69 Å². The molecule has 27 heavy (non-hydrogen) atoms. The van der Waals surface area contributed by atoms with Crippen LogP contribution in [0.15, 0.2) is 60.8 Å². The van der Waals surface area contributed by atoms with Gasteiger partial charge in [0.25, 0.3) is 5.91 Å². The predicted molar refractivity (Wildman–Crippen MR) is 95.9 cm³/mol. The largest absolute Gasteiger partial charge is 0.416 e. The van der Waals surface area contributed by atoms with Crippen LogP contribution in [0.2, 0.25) is 0 Å². The summed E-state index contributed by atoms with van der Waals surface area (Å²) in [5, 5.41) is 5.54. The molecule has 0 saturated heterocycles. The summed E-state index contributed by atoms with van der Waals surface area (Å²) in [7, 11) is 0. The molecule has 138 valence electrons. The van der Waals surface area contributed by atoms with Crippen molar-refractivity contribution < 1.29 is 18.0 Å². The van der Waals surface area contributed by atoms with Crippen LogP contribution in [-0.4, -0.2) is 15.9 Å². The first kappa shape index (κ1) is 18.4. The van der Waals surface area contributed by atoms with Crippen LogP contribution in [0.5, 0.6) is 0 Å². The van der Waals surface area contributed by atoms with Crippen molar-refractivity contribution in [3.63, 3.8) is 0 Å². The molecule has 2 N–H and O–H groups in total. The predicted octanol–water partition coefficient (Wildman–Crippen LogP) is 4.80. The Balaban J connectivity index is 1.73. The number of para-hydroxylation sites is 1. The van der Waals surface area contributed by atoms with E-state index < -0.39 is 17.6 Å². The third-order valence-electron chi connectivity index (χ3n) is 3.75. The maximum absolute atomic E-state index is 12.6. The number of hydrogen-bond donors (Lipinski definition) is 2. The summed E-state index contributed by atoms with van der Waals surface area (Å²) in [4.78, 5) is 20.5. The van der Waals surface area contributed by atoms with Gasteiger partial charge >= 0.3 is 6.18 Å². The van der Waals surface area contributed by atoms with Crippen LogP contribution in [0.4, 0.5) is 30.5 Å². The molecule has 1 aromatic heterocycles. The number of carbonyl (C=O) groups is 1. The normalized spacial score (nSPS) is 11.1. The molecule has 2 aromatic carbocycles. The van der Waals surface area contributed by atoms with Crippen molar-refractivity contribution in [2.45, 2.75) is 13.1 Å². The number of nitrogens with one attached hydrogen (secondary N) is 2. The van der Waals surface area contributed by atoms with Gasteiger partial charge in [0.15, 0.2) is 0 Å². The van der Waals surface area contributed by atoms with E-state index in [1.807, 2.05) is 19.1 Å². The lowest BCUT2D eigenvalue weighted by Gasteiger charge is -2.10. The molecule has 0 radical (unpaired) electrons. The number of aryl methyl sites for hydroxylation is 1. The first-order chi connectivity index (χ1) is 12.8. The average molecular weight is 372 g/mol. The second-order valence-corrected chi connectivity index (χ2v) is 5.73. The Hall–Kier alpha value is -3.42. The zero-order chi connectivity index (χ0) is 19.4. The van der Waals surface area contributed by atoms with E-state index in [1.54, 1.807) is 12.1 Å². The molecule has 8 heteroatoms. The van der Waals surface area contributed by atoms with E-state index in [1.165, 1.54) is 24.4 Å². The Labute approximate surface area is 153 Å². The average Bonchev–Trinajstić information content (AvgIpc) is 2.63. The SMILES string of the molecule is Cc1ccccc1NC(=O)c1ccnc(Nc2ccc(C(F)(F)F)cc2)n1. The van der Waals surface area contributed by atoms with Gasteiger partial charge in [-0.3, -0.25) is 4.79 Å². The van der Waals surface area contributed by atoms with Crippen molar-refractivity contribution >= 4 is 23.2 Å². The number of halogens is 3. The number of aromatic nitrogens is 2. The highest BCUT2D eigenvalue weighted by Gasteiger charge is 2.29. The molecular weight excluding hydrogens is 357 g/mol. The number of nitrogens with zero attached hydrogens (tertiary/aromatic N) is 2. The topological polar surface area (TPSA) is 66.9 Å². The highest BCUT2D eigenvalue weighted by Crippen LogP contribution is 2.30. The number of anilines is 3. The minimum absolute atomic E-state index is 0.104. The Morgan fingerprint density at radius 2 is 1.70 bits per heavy atom. The van der Waals surface area contributed by atoms with Crippen LogP contribution in [0.25, 0.3) is 0 Å². The molecule has 1 amide bonds. The van der Waals surface area contributed by atoms with Gasteiger partial charge in [-0.25, -0.2) is 9.97 Å². The molecule has 0 aliphatic rings. The van der Waals surface area contributed by atoms with E-state index in [9.17, 15) is 18.0 Å². The zero-order valence-corrected chi connectivity index (χ0v) is 14.2. The van der Waals surface area contributed by atoms with Crippen molar-refractivity contribution in [2.24, 2.45) is 0 Å². The Morgan fingerprint density at radius 3 is 2.37 bits per heavy atom. The second kappa shape index (κ2) is 7.45. The van der Waals surface area contributed by atoms with E-state index in [2.05, 4.69) is 20.6 Å². The van der Waals surface area contributed by atoms with Crippen LogP contribution >= 0.6 is 0 Å². The molecule has 0 unspecified atom stereocenters. The third kappa shape index (κ3) is 4.60. The van der Waals surface area contributed by atoms with Gasteiger partial charge in [-0.2, -0.15) is 13.2 Å². The number of alkyl halides is 3. The smallest absolute Gasteiger partial charge is 0.324 e. The molecule has 0 spiro atoms. The van der Waals surface area contributed by atoms with Crippen LogP contribution in [0, 0.1) is 6.92 Å². The maximum Gasteiger partial charge on any atom is 0.416 e. The number of benzene rings is 2. The molecular formula is C19H15F3N4O. The Kier molecular flexibility index (Phi) is 5.07. The van der Waals surface area contributed by atoms with Crippen molar-refractivity contribution in [3.8, 4) is 0 Å². The number of hydrogen-bond acceptors (Lipinski definition) is 4. The summed E-state index contributed by atoms with van der Waals surface area (Å²) in [5.41, 5.74) is 1.32. The summed E-state index contributed by atoms with van der Waals surface area (Å²) < 4.78 is 37.8. The lowest BCUT2D eigenvalue weighted by Crippen LogP contribution is -2.15. The van der Waals surface area contributed by atoms with Crippen LogP contribution in [0.1, 0.15) is 21.6 Å². The zero-order valence-electron chi connectivity index (χ0n) is 14.2. The van der Waals surface area contributed by atoms with E-state index in [0.29, 0.717) is 11.4 Å². The summed E-state index contributed by atoms with van der Waals surface area (Å²) >= 11 is 0. The third-order valence-corrected chi connectivity index (χ3v) is 3.75. The summed E-state index contributed by atoms with van der Waals surface area (Å²) in [6, 6.07) is 13.2. The molecule has 3 rings (SSSR count). The lowest BCUT2D eigenvalue weighted by atomic mass is 10.2. The first-order valence-corrected chi connectivity index (χ1v) is 7.97. The monoisotopic (exact) mass is 372 g/mol. The fraction of sp³-hybridized carbons (Fsp3) is 0.105. The quantitative estimate of drug-likeness (QED) is 0.690. The van der Waals surface area contributed by atoms with Crippen LogP contribution in [0.3, 0.4) is 0 Å². The van der Waals surface area contributed by atoms with E-state index in [4.69, 9.17) is 0 Å². The minimum atomic E-state index is -4.40. The van der Waals surface area contributed by atoms with Gasteiger partial charge in [-0.1, -0.05) is 18.2 Å². The van der Waals surface area contributed by atoms with Gasteiger partial charge in [-0.05, 0) is 48.9 Å². The van der Waals surface area contributed by atoms with Crippen LogP contribution in [-0.2, 0) is 6.18 Å². The molecule has 5 nitrogen and oxygen atoms in total. The fourth-order valence-corrected chi connectivity index (χ4v) is 2.32. The molecule has 0 saturated carbocycles. The molecule has 0 fully saturated rings. The Bertz CT molecular complexity index is 956. The van der Waals surface area contributed by atoms with E-state index >= 15 is 0 Å².